The summed E-state index contributed by atoms with van der Waals surface area (Å²) in [6, 6.07) is 16.6. The number of halogens is 1. The first kappa shape index (κ1) is 19.4. The zero-order chi connectivity index (χ0) is 19.9. The zero-order valence-electron chi connectivity index (χ0n) is 14.7. The van der Waals surface area contributed by atoms with Crippen LogP contribution in [0.2, 0.25) is 0 Å². The number of amides is 1. The van der Waals surface area contributed by atoms with Crippen LogP contribution in [0.3, 0.4) is 0 Å². The lowest BCUT2D eigenvalue weighted by atomic mass is 10.1. The second kappa shape index (κ2) is 9.01. The fourth-order valence-corrected chi connectivity index (χ4v) is 2.49. The third-order valence-corrected chi connectivity index (χ3v) is 4.05. The first-order valence-electron chi connectivity index (χ1n) is 8.38. The molecule has 0 heterocycles. The lowest BCUT2D eigenvalue weighted by Crippen LogP contribution is -2.32. The molecule has 0 saturated heterocycles. The Kier molecular flexibility index (Phi) is 6.24. The second-order valence-corrected chi connectivity index (χ2v) is 6.27. The molecule has 2 aromatic rings. The molecule has 0 fully saturated rings. The molecule has 0 saturated carbocycles. The van der Waals surface area contributed by atoms with Crippen molar-refractivity contribution in [1.29, 1.82) is 0 Å². The maximum atomic E-state index is 11.9. The highest BCUT2D eigenvalue weighted by Gasteiger charge is 2.20. The number of hydrogen-bond acceptors (Lipinski definition) is 5. The minimum atomic E-state index is -0.566. The van der Waals surface area contributed by atoms with Crippen molar-refractivity contribution >= 4 is 29.1 Å². The van der Waals surface area contributed by atoms with Crippen molar-refractivity contribution < 1.29 is 23.9 Å². The minimum absolute atomic E-state index is 0.132. The fourth-order valence-electron chi connectivity index (χ4n) is 2.34. The molecule has 1 N–H and O–H groups in total. The summed E-state index contributed by atoms with van der Waals surface area (Å²) in [4.78, 5) is 35.1. The van der Waals surface area contributed by atoms with Crippen molar-refractivity contribution in [3.8, 4) is 11.5 Å². The SMILES string of the molecule is O=C(COc1ccc(OCc2ccccc2)cc1)NC1=CC(=O)C(Cl)=CC1=O. The third-order valence-electron chi connectivity index (χ3n) is 3.75. The molecule has 28 heavy (non-hydrogen) atoms. The van der Waals surface area contributed by atoms with Gasteiger partial charge in [0.05, 0.1) is 10.7 Å². The first-order chi connectivity index (χ1) is 13.5. The van der Waals surface area contributed by atoms with Gasteiger partial charge >= 0.3 is 0 Å². The van der Waals surface area contributed by atoms with Gasteiger partial charge in [0.15, 0.2) is 12.4 Å². The summed E-state index contributed by atoms with van der Waals surface area (Å²) in [5, 5.41) is 2.15. The Morgan fingerprint density at radius 3 is 2.18 bits per heavy atom. The second-order valence-electron chi connectivity index (χ2n) is 5.86. The van der Waals surface area contributed by atoms with Crippen LogP contribution in [-0.2, 0) is 21.0 Å². The first-order valence-corrected chi connectivity index (χ1v) is 8.76. The number of rotatable bonds is 7. The van der Waals surface area contributed by atoms with E-state index in [1.807, 2.05) is 30.3 Å². The molecule has 0 bridgehead atoms. The van der Waals surface area contributed by atoms with Crippen molar-refractivity contribution in [3.05, 3.63) is 83.0 Å². The number of carbonyl (C=O) groups is 3. The zero-order valence-corrected chi connectivity index (χ0v) is 15.4. The number of hydrogen-bond donors (Lipinski definition) is 1. The summed E-state index contributed by atoms with van der Waals surface area (Å²) in [6.07, 6.45) is 1.95. The Balaban J connectivity index is 1.47. The van der Waals surface area contributed by atoms with Gasteiger partial charge in [-0.25, -0.2) is 0 Å². The van der Waals surface area contributed by atoms with E-state index in [-0.39, 0.29) is 17.3 Å². The van der Waals surface area contributed by atoms with E-state index in [9.17, 15) is 14.4 Å². The van der Waals surface area contributed by atoms with E-state index in [1.165, 1.54) is 0 Å². The Labute approximate surface area is 166 Å². The van der Waals surface area contributed by atoms with E-state index in [2.05, 4.69) is 5.32 Å². The van der Waals surface area contributed by atoms with Crippen LogP contribution in [0.15, 0.2) is 77.5 Å². The minimum Gasteiger partial charge on any atom is -0.489 e. The average molecular weight is 398 g/mol. The van der Waals surface area contributed by atoms with E-state index in [4.69, 9.17) is 21.1 Å². The molecule has 0 aromatic heterocycles. The highest BCUT2D eigenvalue weighted by molar-refractivity contribution is 6.47. The summed E-state index contributed by atoms with van der Waals surface area (Å²) in [5.74, 6) is -0.518. The highest BCUT2D eigenvalue weighted by atomic mass is 35.5. The molecule has 142 valence electrons. The molecular formula is C21H16ClNO5. The van der Waals surface area contributed by atoms with Crippen LogP contribution in [0.5, 0.6) is 11.5 Å². The van der Waals surface area contributed by atoms with Crippen LogP contribution in [0.25, 0.3) is 0 Å². The predicted octanol–water partition coefficient (Wildman–Crippen LogP) is 2.92. The van der Waals surface area contributed by atoms with E-state index in [1.54, 1.807) is 24.3 Å². The van der Waals surface area contributed by atoms with Crippen molar-refractivity contribution in [2.75, 3.05) is 6.61 Å². The van der Waals surface area contributed by atoms with Crippen LogP contribution in [0, 0.1) is 0 Å². The van der Waals surface area contributed by atoms with E-state index >= 15 is 0 Å². The summed E-state index contributed by atoms with van der Waals surface area (Å²) in [7, 11) is 0. The molecule has 6 nitrogen and oxygen atoms in total. The van der Waals surface area contributed by atoms with Crippen molar-refractivity contribution in [2.24, 2.45) is 0 Å². The standard InChI is InChI=1S/C21H16ClNO5/c22-17-10-20(25)18(11-19(17)24)23-21(26)13-28-16-8-6-15(7-9-16)27-12-14-4-2-1-3-5-14/h1-11H,12-13H2,(H,23,26). The largest absolute Gasteiger partial charge is 0.489 e. The van der Waals surface area contributed by atoms with Gasteiger partial charge < -0.3 is 14.8 Å². The number of carbonyl (C=O) groups excluding carboxylic acids is 3. The van der Waals surface area contributed by atoms with Crippen molar-refractivity contribution in [2.45, 2.75) is 6.61 Å². The Morgan fingerprint density at radius 1 is 0.857 bits per heavy atom. The number of ketones is 2. The van der Waals surface area contributed by atoms with Gasteiger partial charge in [-0.15, -0.1) is 0 Å². The molecule has 3 rings (SSSR count). The van der Waals surface area contributed by atoms with E-state index in [0.717, 1.165) is 17.7 Å². The van der Waals surface area contributed by atoms with Gasteiger partial charge in [0.25, 0.3) is 5.91 Å². The van der Waals surface area contributed by atoms with Gasteiger partial charge in [0.2, 0.25) is 5.78 Å². The lowest BCUT2D eigenvalue weighted by molar-refractivity contribution is -0.124. The molecule has 1 aliphatic rings. The molecule has 0 unspecified atom stereocenters. The number of benzene rings is 2. The maximum absolute atomic E-state index is 11.9. The molecule has 1 aliphatic carbocycles. The Hall–Kier alpha value is -3.38. The monoisotopic (exact) mass is 397 g/mol. The number of ether oxygens (including phenoxy) is 2. The van der Waals surface area contributed by atoms with Gasteiger partial charge in [-0.05, 0) is 29.8 Å². The maximum Gasteiger partial charge on any atom is 0.262 e. The quantitative estimate of drug-likeness (QED) is 0.726. The smallest absolute Gasteiger partial charge is 0.262 e. The van der Waals surface area contributed by atoms with Crippen LogP contribution in [0.4, 0.5) is 0 Å². The molecule has 0 atom stereocenters. The molecule has 0 aliphatic heterocycles. The van der Waals surface area contributed by atoms with Crippen LogP contribution in [0.1, 0.15) is 5.56 Å². The summed E-state index contributed by atoms with van der Waals surface area (Å²) in [5.41, 5.74) is 0.924. The molecule has 1 amide bonds. The molecule has 0 radical (unpaired) electrons. The number of nitrogens with one attached hydrogen (secondary N) is 1. The number of allylic oxidation sites excluding steroid dienone is 3. The third kappa shape index (κ3) is 5.31. The average Bonchev–Trinajstić information content (AvgIpc) is 2.70. The van der Waals surface area contributed by atoms with E-state index < -0.39 is 17.5 Å². The Bertz CT molecular complexity index is 949. The van der Waals surface area contributed by atoms with Gasteiger partial charge in [-0.1, -0.05) is 41.9 Å². The van der Waals surface area contributed by atoms with Crippen LogP contribution >= 0.6 is 11.6 Å². The normalized spacial score (nSPS) is 13.5. The summed E-state index contributed by atoms with van der Waals surface area (Å²) >= 11 is 5.57. The predicted molar refractivity (Wildman–Crippen MR) is 103 cm³/mol. The van der Waals surface area contributed by atoms with Crippen LogP contribution in [-0.4, -0.2) is 24.1 Å². The molecule has 7 heteroatoms. The van der Waals surface area contributed by atoms with E-state index in [0.29, 0.717) is 18.1 Å². The topological polar surface area (TPSA) is 81.7 Å². The lowest BCUT2D eigenvalue weighted by Gasteiger charge is -2.11. The molecule has 2 aromatic carbocycles. The van der Waals surface area contributed by atoms with Crippen LogP contribution < -0.4 is 14.8 Å². The Morgan fingerprint density at radius 2 is 1.50 bits per heavy atom. The van der Waals surface area contributed by atoms with Crippen molar-refractivity contribution in [1.82, 2.24) is 5.32 Å². The van der Waals surface area contributed by atoms with Gasteiger partial charge in [-0.2, -0.15) is 0 Å². The highest BCUT2D eigenvalue weighted by Crippen LogP contribution is 2.19. The van der Waals surface area contributed by atoms with Gasteiger partial charge in [0.1, 0.15) is 18.1 Å². The van der Waals surface area contributed by atoms with Gasteiger partial charge in [0, 0.05) is 12.2 Å². The fraction of sp³-hybridized carbons (Fsp3) is 0.0952. The van der Waals surface area contributed by atoms with Gasteiger partial charge in [-0.3, -0.25) is 14.4 Å². The van der Waals surface area contributed by atoms with Crippen molar-refractivity contribution in [3.63, 3.8) is 0 Å². The molecular weight excluding hydrogens is 382 g/mol. The molecule has 0 spiro atoms. The summed E-state index contributed by atoms with van der Waals surface area (Å²) in [6.45, 7) is 0.129. The summed E-state index contributed by atoms with van der Waals surface area (Å²) < 4.78 is 11.1.